The largest absolute Gasteiger partial charge is 0.444 e. The molecule has 0 aliphatic carbocycles. The Morgan fingerprint density at radius 3 is 2.73 bits per heavy atom. The molecule has 0 aromatic carbocycles. The molecule has 2 rings (SSSR count). The molecule has 2 saturated heterocycles. The Morgan fingerprint density at radius 1 is 1.36 bits per heavy atom. The van der Waals surface area contributed by atoms with E-state index in [1.807, 2.05) is 25.7 Å². The maximum absolute atomic E-state index is 12.1. The number of carbonyl (C=O) groups excluding carboxylic acids is 1. The van der Waals surface area contributed by atoms with Crippen LogP contribution in [0.2, 0.25) is 0 Å². The second-order valence-corrected chi connectivity index (χ2v) is 7.92. The predicted molar refractivity (Wildman–Crippen MR) is 87.0 cm³/mol. The van der Waals surface area contributed by atoms with Gasteiger partial charge in [0.05, 0.1) is 5.60 Å². The number of nitrogens with one attached hydrogen (secondary N) is 1. The molecule has 0 aromatic rings. The standard InChI is InChI=1S/C17H32N2O3/c1-6-17(5)11-13(8-10-21-17)18-14-7-9-19(12-14)15(20)22-16(2,3)4/h13-14,18H,6-12H2,1-5H3. The number of likely N-dealkylation sites (tertiary alicyclic amines) is 1. The summed E-state index contributed by atoms with van der Waals surface area (Å²) in [7, 11) is 0. The van der Waals surface area contributed by atoms with Crippen LogP contribution >= 0.6 is 0 Å². The smallest absolute Gasteiger partial charge is 0.410 e. The molecular weight excluding hydrogens is 280 g/mol. The SMILES string of the molecule is CCC1(C)CC(NC2CCN(C(=O)OC(C)(C)C)C2)CCO1. The van der Waals surface area contributed by atoms with Crippen LogP contribution < -0.4 is 5.32 Å². The number of ether oxygens (including phenoxy) is 2. The zero-order valence-corrected chi connectivity index (χ0v) is 14.8. The van der Waals surface area contributed by atoms with Crippen molar-refractivity contribution in [1.82, 2.24) is 10.2 Å². The summed E-state index contributed by atoms with van der Waals surface area (Å²) in [5.41, 5.74) is -0.425. The molecule has 128 valence electrons. The zero-order valence-electron chi connectivity index (χ0n) is 14.8. The molecule has 5 nitrogen and oxygen atoms in total. The van der Waals surface area contributed by atoms with Gasteiger partial charge in [-0.25, -0.2) is 4.79 Å². The van der Waals surface area contributed by atoms with Gasteiger partial charge in [0.25, 0.3) is 0 Å². The van der Waals surface area contributed by atoms with Crippen molar-refractivity contribution in [2.75, 3.05) is 19.7 Å². The fourth-order valence-corrected chi connectivity index (χ4v) is 3.24. The molecule has 0 aromatic heterocycles. The van der Waals surface area contributed by atoms with E-state index in [2.05, 4.69) is 19.2 Å². The molecule has 22 heavy (non-hydrogen) atoms. The number of hydrogen-bond donors (Lipinski definition) is 1. The average molecular weight is 312 g/mol. The van der Waals surface area contributed by atoms with E-state index < -0.39 is 5.60 Å². The van der Waals surface area contributed by atoms with Gasteiger partial charge in [-0.15, -0.1) is 0 Å². The Hall–Kier alpha value is -0.810. The monoisotopic (exact) mass is 312 g/mol. The van der Waals surface area contributed by atoms with E-state index in [9.17, 15) is 4.79 Å². The highest BCUT2D eigenvalue weighted by atomic mass is 16.6. The van der Waals surface area contributed by atoms with Gasteiger partial charge in [-0.2, -0.15) is 0 Å². The van der Waals surface area contributed by atoms with E-state index in [4.69, 9.17) is 9.47 Å². The number of nitrogens with zero attached hydrogens (tertiary/aromatic N) is 1. The van der Waals surface area contributed by atoms with Crippen LogP contribution in [-0.4, -0.2) is 54.0 Å². The van der Waals surface area contributed by atoms with Crippen LogP contribution in [0.4, 0.5) is 4.79 Å². The maximum atomic E-state index is 12.1. The van der Waals surface area contributed by atoms with E-state index in [-0.39, 0.29) is 11.7 Å². The Morgan fingerprint density at radius 2 is 2.09 bits per heavy atom. The van der Waals surface area contributed by atoms with Crippen LogP contribution in [0.25, 0.3) is 0 Å². The molecule has 1 N–H and O–H groups in total. The molecule has 1 amide bonds. The Labute approximate surface area is 134 Å². The molecule has 2 aliphatic rings. The maximum Gasteiger partial charge on any atom is 0.410 e. The lowest BCUT2D eigenvalue weighted by Crippen LogP contribution is -2.49. The first-order valence-electron chi connectivity index (χ1n) is 8.59. The summed E-state index contributed by atoms with van der Waals surface area (Å²) < 4.78 is 11.3. The summed E-state index contributed by atoms with van der Waals surface area (Å²) in [6.07, 6.45) is 3.95. The van der Waals surface area contributed by atoms with E-state index in [1.54, 1.807) is 0 Å². The van der Waals surface area contributed by atoms with Crippen LogP contribution in [-0.2, 0) is 9.47 Å². The zero-order chi connectivity index (χ0) is 16.4. The van der Waals surface area contributed by atoms with E-state index in [1.165, 1.54) is 0 Å². The normalized spacial score (nSPS) is 33.0. The lowest BCUT2D eigenvalue weighted by Gasteiger charge is -2.39. The highest BCUT2D eigenvalue weighted by Crippen LogP contribution is 2.28. The van der Waals surface area contributed by atoms with Crippen LogP contribution in [0.15, 0.2) is 0 Å². The molecule has 3 unspecified atom stereocenters. The molecule has 0 radical (unpaired) electrons. The Kier molecular flexibility index (Phi) is 5.38. The molecule has 2 aliphatic heterocycles. The molecular formula is C17H32N2O3. The average Bonchev–Trinajstić information content (AvgIpc) is 2.85. The third kappa shape index (κ3) is 4.85. The fourth-order valence-electron chi connectivity index (χ4n) is 3.24. The summed E-state index contributed by atoms with van der Waals surface area (Å²) in [6, 6.07) is 0.860. The topological polar surface area (TPSA) is 50.8 Å². The minimum absolute atomic E-state index is 0.000622. The lowest BCUT2D eigenvalue weighted by molar-refractivity contribution is -0.0790. The molecule has 0 bridgehead atoms. The number of carbonyl (C=O) groups is 1. The van der Waals surface area contributed by atoms with Crippen LogP contribution in [0.1, 0.15) is 60.3 Å². The van der Waals surface area contributed by atoms with Crippen LogP contribution in [0, 0.1) is 0 Å². The van der Waals surface area contributed by atoms with Crippen molar-refractivity contribution in [2.45, 2.75) is 83.6 Å². The second kappa shape index (κ2) is 6.75. The summed E-state index contributed by atoms with van der Waals surface area (Å²) in [4.78, 5) is 13.9. The molecule has 5 heteroatoms. The van der Waals surface area contributed by atoms with Gasteiger partial charge in [-0.3, -0.25) is 0 Å². The third-order valence-electron chi connectivity index (χ3n) is 4.65. The summed E-state index contributed by atoms with van der Waals surface area (Å²) in [6.45, 7) is 12.4. The molecule has 0 saturated carbocycles. The first kappa shape index (κ1) is 17.5. The number of hydrogen-bond acceptors (Lipinski definition) is 4. The Bertz CT molecular complexity index is 394. The molecule has 2 fully saturated rings. The minimum Gasteiger partial charge on any atom is -0.444 e. The fraction of sp³-hybridized carbons (Fsp3) is 0.941. The second-order valence-electron chi connectivity index (χ2n) is 7.92. The molecule has 3 atom stereocenters. The quantitative estimate of drug-likeness (QED) is 0.870. The minimum atomic E-state index is -0.424. The van der Waals surface area contributed by atoms with Crippen molar-refractivity contribution >= 4 is 6.09 Å². The van der Waals surface area contributed by atoms with E-state index >= 15 is 0 Å². The lowest BCUT2D eigenvalue weighted by atomic mass is 9.89. The van der Waals surface area contributed by atoms with E-state index in [0.717, 1.165) is 45.4 Å². The predicted octanol–water partition coefficient (Wildman–Crippen LogP) is 2.93. The summed E-state index contributed by atoms with van der Waals surface area (Å²) in [5.74, 6) is 0. The molecule has 0 spiro atoms. The third-order valence-corrected chi connectivity index (χ3v) is 4.65. The van der Waals surface area contributed by atoms with Gasteiger partial charge >= 0.3 is 6.09 Å². The van der Waals surface area contributed by atoms with Crippen molar-refractivity contribution in [2.24, 2.45) is 0 Å². The van der Waals surface area contributed by atoms with E-state index in [0.29, 0.717) is 12.1 Å². The van der Waals surface area contributed by atoms with Gasteiger partial charge < -0.3 is 19.7 Å². The number of rotatable bonds is 3. The van der Waals surface area contributed by atoms with Crippen molar-refractivity contribution in [3.8, 4) is 0 Å². The van der Waals surface area contributed by atoms with Crippen LogP contribution in [0.5, 0.6) is 0 Å². The molecule has 2 heterocycles. The van der Waals surface area contributed by atoms with Gasteiger partial charge in [0, 0.05) is 31.8 Å². The first-order valence-corrected chi connectivity index (χ1v) is 8.59. The van der Waals surface area contributed by atoms with Gasteiger partial charge in [0.1, 0.15) is 5.60 Å². The van der Waals surface area contributed by atoms with Gasteiger partial charge in [-0.05, 0) is 53.4 Å². The Balaban J connectivity index is 1.80. The van der Waals surface area contributed by atoms with Crippen molar-refractivity contribution < 1.29 is 14.3 Å². The first-order chi connectivity index (χ1) is 10.2. The van der Waals surface area contributed by atoms with Crippen molar-refractivity contribution in [1.29, 1.82) is 0 Å². The highest BCUT2D eigenvalue weighted by molar-refractivity contribution is 5.68. The summed E-state index contributed by atoms with van der Waals surface area (Å²) in [5, 5.41) is 3.73. The summed E-state index contributed by atoms with van der Waals surface area (Å²) >= 11 is 0. The van der Waals surface area contributed by atoms with Crippen molar-refractivity contribution in [3.05, 3.63) is 0 Å². The van der Waals surface area contributed by atoms with Gasteiger partial charge in [0.2, 0.25) is 0 Å². The van der Waals surface area contributed by atoms with Crippen molar-refractivity contribution in [3.63, 3.8) is 0 Å². The van der Waals surface area contributed by atoms with Gasteiger partial charge in [-0.1, -0.05) is 6.92 Å². The number of amides is 1. The highest BCUT2D eigenvalue weighted by Gasteiger charge is 2.35. The van der Waals surface area contributed by atoms with Crippen LogP contribution in [0.3, 0.4) is 0 Å². The van der Waals surface area contributed by atoms with Gasteiger partial charge in [0.15, 0.2) is 0 Å².